The number of rotatable bonds is 1. The zero-order valence-electron chi connectivity index (χ0n) is 3.07. The van der Waals surface area contributed by atoms with Gasteiger partial charge in [-0.1, -0.05) is 0 Å². The molecule has 0 spiro atoms. The molecule has 3 heteroatoms. The van der Waals surface area contributed by atoms with Gasteiger partial charge in [0, 0.05) is 0 Å². The van der Waals surface area contributed by atoms with Gasteiger partial charge in [-0.3, -0.25) is 0 Å². The maximum absolute atomic E-state index is 4.97. The normalized spacial score (nSPS) is 7.20. The van der Waals surface area contributed by atoms with E-state index in [-0.39, 0.29) is 0 Å². The van der Waals surface area contributed by atoms with Crippen LogP contribution >= 0.6 is 0 Å². The first-order chi connectivity index (χ1) is 2.27. The molecule has 0 aromatic rings. The Hall–Kier alpha value is -0.305. The third kappa shape index (κ3) is 3.69. The molecule has 0 atom stereocenters. The van der Waals surface area contributed by atoms with Gasteiger partial charge in [0.2, 0.25) is 0 Å². The summed E-state index contributed by atoms with van der Waals surface area (Å²) in [6.45, 7) is 0.389. The summed E-state index contributed by atoms with van der Waals surface area (Å²) in [4.78, 5) is 0. The predicted octanol–water partition coefficient (Wildman–Crippen LogP) is -2.07. The first-order valence-electron chi connectivity index (χ1n) is 1.40. The summed E-state index contributed by atoms with van der Waals surface area (Å²) in [7, 11) is 3.33. The Labute approximate surface area is 32.2 Å². The Kier molecular flexibility index (Phi) is 1.85. The first-order valence-corrected chi connectivity index (χ1v) is 1.40. The first kappa shape index (κ1) is 4.69. The second-order valence-electron chi connectivity index (χ2n) is 0.862. The number of nitrogens with two attached hydrogens (primary N) is 2. The summed E-state index contributed by atoms with van der Waals surface area (Å²) >= 11 is 0. The van der Waals surface area contributed by atoms with Gasteiger partial charge in [-0.05, 0) is 0 Å². The van der Waals surface area contributed by atoms with Gasteiger partial charge in [-0.25, -0.2) is 0 Å². The van der Waals surface area contributed by atoms with E-state index in [0.717, 1.165) is 0 Å². The second kappa shape index (κ2) is 1.97. The van der Waals surface area contributed by atoms with Gasteiger partial charge in [0.05, 0.1) is 0 Å². The average molecular weight is 69.9 g/mol. The van der Waals surface area contributed by atoms with Crippen molar-refractivity contribution in [1.29, 1.82) is 0 Å². The van der Waals surface area contributed by atoms with E-state index < -0.39 is 0 Å². The SMILES string of the molecule is B=C(N)CN. The molecule has 4 N–H and O–H groups in total. The molecular formula is C2H7BN2. The summed E-state index contributed by atoms with van der Waals surface area (Å²) in [6, 6.07) is 0. The van der Waals surface area contributed by atoms with Crippen molar-refractivity contribution in [2.45, 2.75) is 0 Å². The molecule has 0 aliphatic carbocycles. The van der Waals surface area contributed by atoms with E-state index in [9.17, 15) is 0 Å². The van der Waals surface area contributed by atoms with Crippen LogP contribution in [0, 0.1) is 0 Å². The Morgan fingerprint density at radius 1 is 1.80 bits per heavy atom. The van der Waals surface area contributed by atoms with Crippen molar-refractivity contribution in [3.05, 3.63) is 0 Å². The zero-order chi connectivity index (χ0) is 4.28. The van der Waals surface area contributed by atoms with Gasteiger partial charge in [0.15, 0.2) is 0 Å². The molecule has 0 unspecified atom stereocenters. The van der Waals surface area contributed by atoms with Crippen molar-refractivity contribution in [3.8, 4) is 0 Å². The molecule has 0 saturated carbocycles. The average Bonchev–Trinajstić information content (AvgIpc) is 1.38. The topological polar surface area (TPSA) is 52.0 Å². The van der Waals surface area contributed by atoms with E-state index in [4.69, 9.17) is 11.5 Å². The van der Waals surface area contributed by atoms with Gasteiger partial charge < -0.3 is 0 Å². The summed E-state index contributed by atoms with van der Waals surface area (Å²) in [5.41, 5.74) is 10.5. The van der Waals surface area contributed by atoms with Crippen LogP contribution in [-0.2, 0) is 0 Å². The van der Waals surface area contributed by atoms with Gasteiger partial charge in [0.1, 0.15) is 0 Å². The molecule has 0 fully saturated rings. The molecule has 2 nitrogen and oxygen atoms in total. The van der Waals surface area contributed by atoms with E-state index in [0.29, 0.717) is 12.1 Å². The van der Waals surface area contributed by atoms with Crippen molar-refractivity contribution in [2.75, 3.05) is 6.54 Å². The van der Waals surface area contributed by atoms with Crippen molar-refractivity contribution >= 4 is 13.1 Å². The van der Waals surface area contributed by atoms with E-state index in [1.54, 1.807) is 0 Å². The molecule has 0 aliphatic rings. The molecule has 5 heavy (non-hydrogen) atoms. The molecule has 0 bridgehead atoms. The van der Waals surface area contributed by atoms with Gasteiger partial charge in [-0.15, -0.1) is 0 Å². The summed E-state index contributed by atoms with van der Waals surface area (Å²) < 4.78 is 0. The number of hydrogen-bond donors (Lipinski definition) is 2. The summed E-state index contributed by atoms with van der Waals surface area (Å²) in [5, 5.41) is 0. The molecule has 0 rings (SSSR count). The molecule has 0 heterocycles. The van der Waals surface area contributed by atoms with E-state index >= 15 is 0 Å². The molecule has 0 saturated heterocycles. The van der Waals surface area contributed by atoms with Crippen LogP contribution < -0.4 is 11.5 Å². The fourth-order valence-corrected chi connectivity index (χ4v) is 0. The Balaban J connectivity index is 2.85. The minimum atomic E-state index is 0.389. The van der Waals surface area contributed by atoms with Gasteiger partial charge in [-0.2, -0.15) is 0 Å². The Morgan fingerprint density at radius 2 is 2.00 bits per heavy atom. The third-order valence-corrected chi connectivity index (χ3v) is 0.262. The molecule has 0 radical (unpaired) electrons. The fraction of sp³-hybridized carbons (Fsp3) is 0.500. The molecule has 0 amide bonds. The van der Waals surface area contributed by atoms with Gasteiger partial charge >= 0.3 is 31.1 Å². The van der Waals surface area contributed by atoms with Crippen molar-refractivity contribution < 1.29 is 0 Å². The third-order valence-electron chi connectivity index (χ3n) is 0.262. The van der Waals surface area contributed by atoms with Crippen LogP contribution in [0.3, 0.4) is 0 Å². The van der Waals surface area contributed by atoms with Crippen molar-refractivity contribution in [3.63, 3.8) is 0 Å². The summed E-state index contributed by atoms with van der Waals surface area (Å²) in [6.07, 6.45) is 0. The maximum atomic E-state index is 4.97. The minimum absolute atomic E-state index is 0.389. The van der Waals surface area contributed by atoms with Crippen LogP contribution in [0.1, 0.15) is 0 Å². The van der Waals surface area contributed by atoms with Crippen molar-refractivity contribution in [2.24, 2.45) is 11.5 Å². The molecule has 28 valence electrons. The zero-order valence-corrected chi connectivity index (χ0v) is 3.07. The Bertz CT molecular complexity index is 42.9. The van der Waals surface area contributed by atoms with E-state index in [2.05, 4.69) is 7.49 Å². The molecule has 0 aromatic carbocycles. The van der Waals surface area contributed by atoms with Crippen LogP contribution in [0.25, 0.3) is 0 Å². The molecule has 0 aliphatic heterocycles. The van der Waals surface area contributed by atoms with Crippen LogP contribution in [0.15, 0.2) is 0 Å². The molecule has 0 aromatic heterocycles. The van der Waals surface area contributed by atoms with Crippen LogP contribution in [0.4, 0.5) is 0 Å². The number of hydrogen-bond acceptors (Lipinski definition) is 2. The Morgan fingerprint density at radius 3 is 2.00 bits per heavy atom. The monoisotopic (exact) mass is 70.1 g/mol. The summed E-state index contributed by atoms with van der Waals surface area (Å²) in [5.74, 6) is 0. The second-order valence-corrected chi connectivity index (χ2v) is 0.862. The standard InChI is InChI=1S/C2H7BN2/c3-2(5)1-4/h3H,1,4-5H2. The van der Waals surface area contributed by atoms with E-state index in [1.165, 1.54) is 0 Å². The quantitative estimate of drug-likeness (QED) is 0.348. The van der Waals surface area contributed by atoms with Gasteiger partial charge in [0.25, 0.3) is 0 Å². The van der Waals surface area contributed by atoms with Crippen molar-refractivity contribution in [1.82, 2.24) is 0 Å². The molecular weight excluding hydrogens is 62.8 g/mol. The van der Waals surface area contributed by atoms with E-state index in [1.807, 2.05) is 0 Å². The van der Waals surface area contributed by atoms with Crippen LogP contribution in [0.2, 0.25) is 0 Å². The van der Waals surface area contributed by atoms with Crippen LogP contribution in [-0.4, -0.2) is 19.6 Å². The predicted molar refractivity (Wildman–Crippen MR) is 25.4 cm³/mol. The van der Waals surface area contributed by atoms with Crippen LogP contribution in [0.5, 0.6) is 0 Å². The fourth-order valence-electron chi connectivity index (χ4n) is 0.